The molecule has 0 heterocycles. The van der Waals surface area contributed by atoms with Crippen LogP contribution in [0, 0.1) is 0 Å². The lowest BCUT2D eigenvalue weighted by atomic mass is 10.1. The Morgan fingerprint density at radius 1 is 0.667 bits per heavy atom. The second-order valence-electron chi connectivity index (χ2n) is 7.76. The molecule has 0 atom stereocenters. The van der Waals surface area contributed by atoms with E-state index in [-0.39, 0.29) is 11.8 Å². The minimum atomic E-state index is -0.294. The number of carbonyl (C=O) groups excluding carboxylic acids is 2. The van der Waals surface area contributed by atoms with Crippen molar-refractivity contribution in [2.75, 3.05) is 23.8 Å². The number of halogens is 2. The lowest BCUT2D eigenvalue weighted by molar-refractivity contribution is 0.101. The minimum Gasteiger partial charge on any atom is -0.493 e. The third kappa shape index (κ3) is 5.71. The fraction of sp³-hybridized carbons (Fsp3) is 0.143. The monoisotopic (exact) mass is 610 g/mol. The van der Waals surface area contributed by atoms with Gasteiger partial charge in [-0.3, -0.25) is 9.59 Å². The molecule has 2 N–H and O–H groups in total. The Labute approximate surface area is 226 Å². The molecule has 4 aromatic carbocycles. The standard InChI is InChI=1S/C28H24Br2N2O4/c1-3-35-25-13-11-17(29)15-21(25)27(33)31-23-9-5-8-20-19(23)7-6-10-24(20)32-28(34)22-16-18(30)12-14-26(22)36-4-2/h5-16H,3-4H2,1-2H3,(H,31,33)(H,32,34). The summed E-state index contributed by atoms with van der Waals surface area (Å²) in [6.45, 7) is 4.63. The first-order valence-corrected chi connectivity index (χ1v) is 13.0. The summed E-state index contributed by atoms with van der Waals surface area (Å²) in [4.78, 5) is 26.4. The average Bonchev–Trinajstić information content (AvgIpc) is 2.87. The van der Waals surface area contributed by atoms with Crippen LogP contribution in [0.3, 0.4) is 0 Å². The molecular weight excluding hydrogens is 588 g/mol. The van der Waals surface area contributed by atoms with Gasteiger partial charge < -0.3 is 20.1 Å². The van der Waals surface area contributed by atoms with E-state index in [9.17, 15) is 9.59 Å². The van der Waals surface area contributed by atoms with E-state index in [1.807, 2.05) is 62.4 Å². The molecule has 2 amide bonds. The van der Waals surface area contributed by atoms with Crippen LogP contribution < -0.4 is 20.1 Å². The third-order valence-corrected chi connectivity index (χ3v) is 6.38. The Hall–Kier alpha value is -3.36. The number of fused-ring (bicyclic) bond motifs is 1. The van der Waals surface area contributed by atoms with E-state index in [2.05, 4.69) is 42.5 Å². The number of hydrogen-bond donors (Lipinski definition) is 2. The summed E-state index contributed by atoms with van der Waals surface area (Å²) >= 11 is 6.85. The molecule has 8 heteroatoms. The van der Waals surface area contributed by atoms with Gasteiger partial charge in [-0.25, -0.2) is 0 Å². The summed E-state index contributed by atoms with van der Waals surface area (Å²) in [5.41, 5.74) is 2.08. The fourth-order valence-electron chi connectivity index (χ4n) is 3.83. The highest BCUT2D eigenvalue weighted by Crippen LogP contribution is 2.32. The zero-order valence-electron chi connectivity index (χ0n) is 19.7. The highest BCUT2D eigenvalue weighted by molar-refractivity contribution is 9.10. The van der Waals surface area contributed by atoms with E-state index < -0.39 is 0 Å². The van der Waals surface area contributed by atoms with Gasteiger partial charge in [-0.15, -0.1) is 0 Å². The number of nitrogens with one attached hydrogen (secondary N) is 2. The zero-order chi connectivity index (χ0) is 25.7. The number of amides is 2. The van der Waals surface area contributed by atoms with Crippen molar-refractivity contribution in [1.29, 1.82) is 0 Å². The van der Waals surface area contributed by atoms with Crippen molar-refractivity contribution >= 4 is 65.8 Å². The summed E-state index contributed by atoms with van der Waals surface area (Å²) in [7, 11) is 0. The van der Waals surface area contributed by atoms with Crippen LogP contribution in [0.1, 0.15) is 34.6 Å². The Morgan fingerprint density at radius 2 is 1.08 bits per heavy atom. The Morgan fingerprint density at radius 3 is 1.47 bits per heavy atom. The van der Waals surface area contributed by atoms with Crippen LogP contribution in [0.4, 0.5) is 11.4 Å². The van der Waals surface area contributed by atoms with Gasteiger partial charge in [0, 0.05) is 31.1 Å². The van der Waals surface area contributed by atoms with Crippen molar-refractivity contribution in [2.45, 2.75) is 13.8 Å². The first kappa shape index (κ1) is 25.7. The summed E-state index contributed by atoms with van der Waals surface area (Å²) in [6.07, 6.45) is 0. The molecule has 0 saturated carbocycles. The van der Waals surface area contributed by atoms with Gasteiger partial charge in [0.2, 0.25) is 0 Å². The number of hydrogen-bond acceptors (Lipinski definition) is 4. The Bertz CT molecular complexity index is 1330. The second kappa shape index (κ2) is 11.6. The first-order chi connectivity index (χ1) is 17.4. The van der Waals surface area contributed by atoms with Gasteiger partial charge in [0.05, 0.1) is 24.3 Å². The normalized spacial score (nSPS) is 10.7. The van der Waals surface area contributed by atoms with Crippen LogP contribution in [0.15, 0.2) is 81.7 Å². The molecular formula is C28H24Br2N2O4. The lowest BCUT2D eigenvalue weighted by Crippen LogP contribution is -2.15. The van der Waals surface area contributed by atoms with Gasteiger partial charge in [0.15, 0.2) is 0 Å². The van der Waals surface area contributed by atoms with Crippen LogP contribution in [-0.4, -0.2) is 25.0 Å². The van der Waals surface area contributed by atoms with Gasteiger partial charge in [-0.1, -0.05) is 56.1 Å². The number of carbonyl (C=O) groups is 2. The van der Waals surface area contributed by atoms with Crippen LogP contribution >= 0.6 is 31.9 Å². The molecule has 184 valence electrons. The van der Waals surface area contributed by atoms with Gasteiger partial charge in [0.1, 0.15) is 11.5 Å². The average molecular weight is 612 g/mol. The van der Waals surface area contributed by atoms with Gasteiger partial charge in [-0.2, -0.15) is 0 Å². The van der Waals surface area contributed by atoms with Crippen molar-refractivity contribution in [2.24, 2.45) is 0 Å². The highest BCUT2D eigenvalue weighted by atomic mass is 79.9. The molecule has 0 aliphatic carbocycles. The maximum Gasteiger partial charge on any atom is 0.259 e. The molecule has 0 aliphatic rings. The first-order valence-electron chi connectivity index (χ1n) is 11.4. The van der Waals surface area contributed by atoms with Crippen LogP contribution in [0.25, 0.3) is 10.8 Å². The summed E-state index contributed by atoms with van der Waals surface area (Å²) < 4.78 is 12.8. The molecule has 0 saturated heterocycles. The predicted octanol–water partition coefficient (Wildman–Crippen LogP) is 7.67. The van der Waals surface area contributed by atoms with Crippen LogP contribution in [0.5, 0.6) is 11.5 Å². The minimum absolute atomic E-state index is 0.294. The fourth-order valence-corrected chi connectivity index (χ4v) is 4.55. The van der Waals surface area contributed by atoms with Crippen LogP contribution in [0.2, 0.25) is 0 Å². The maximum absolute atomic E-state index is 13.2. The van der Waals surface area contributed by atoms with E-state index in [4.69, 9.17) is 9.47 Å². The van der Waals surface area contributed by atoms with Crippen molar-refractivity contribution in [3.8, 4) is 11.5 Å². The van der Waals surface area contributed by atoms with Crippen molar-refractivity contribution in [3.05, 3.63) is 92.9 Å². The summed E-state index contributed by atoms with van der Waals surface area (Å²) in [5, 5.41) is 7.56. The van der Waals surface area contributed by atoms with E-state index >= 15 is 0 Å². The van der Waals surface area contributed by atoms with E-state index in [0.717, 1.165) is 19.7 Å². The molecule has 0 fully saturated rings. The number of ether oxygens (including phenoxy) is 2. The molecule has 0 radical (unpaired) electrons. The molecule has 36 heavy (non-hydrogen) atoms. The third-order valence-electron chi connectivity index (χ3n) is 5.39. The highest BCUT2D eigenvalue weighted by Gasteiger charge is 2.17. The predicted molar refractivity (Wildman–Crippen MR) is 150 cm³/mol. The van der Waals surface area contributed by atoms with Crippen molar-refractivity contribution in [3.63, 3.8) is 0 Å². The quantitative estimate of drug-likeness (QED) is 0.214. The molecule has 6 nitrogen and oxygen atoms in total. The topological polar surface area (TPSA) is 76.7 Å². The molecule has 0 unspecified atom stereocenters. The Balaban J connectivity index is 1.66. The van der Waals surface area contributed by atoms with Crippen molar-refractivity contribution in [1.82, 2.24) is 0 Å². The second-order valence-corrected chi connectivity index (χ2v) is 9.59. The van der Waals surface area contributed by atoms with Crippen LogP contribution in [-0.2, 0) is 0 Å². The summed E-state index contributed by atoms with van der Waals surface area (Å²) in [5.74, 6) is 0.422. The number of rotatable bonds is 8. The van der Waals surface area contributed by atoms with Gasteiger partial charge >= 0.3 is 0 Å². The van der Waals surface area contributed by atoms with Gasteiger partial charge in [0.25, 0.3) is 11.8 Å². The number of benzene rings is 4. The maximum atomic E-state index is 13.2. The van der Waals surface area contributed by atoms with E-state index in [1.165, 1.54) is 0 Å². The lowest BCUT2D eigenvalue weighted by Gasteiger charge is -2.15. The zero-order valence-corrected chi connectivity index (χ0v) is 22.9. The summed E-state index contributed by atoms with van der Waals surface area (Å²) in [6, 6.07) is 21.8. The molecule has 4 aromatic rings. The molecule has 0 spiro atoms. The largest absolute Gasteiger partial charge is 0.493 e. The molecule has 4 rings (SSSR count). The van der Waals surface area contributed by atoms with E-state index in [0.29, 0.717) is 47.2 Å². The Kier molecular flexibility index (Phi) is 8.28. The SMILES string of the molecule is CCOc1ccc(Br)cc1C(=O)Nc1cccc2c(NC(=O)c3cc(Br)ccc3OCC)cccc12. The molecule has 0 aromatic heterocycles. The van der Waals surface area contributed by atoms with Gasteiger partial charge in [-0.05, 0) is 62.4 Å². The smallest absolute Gasteiger partial charge is 0.259 e. The van der Waals surface area contributed by atoms with E-state index in [1.54, 1.807) is 24.3 Å². The molecule has 0 aliphatic heterocycles. The van der Waals surface area contributed by atoms with Crippen molar-refractivity contribution < 1.29 is 19.1 Å². The molecule has 0 bridgehead atoms. The number of anilines is 2.